The smallest absolute Gasteiger partial charge is 0.240 e. The molecule has 0 amide bonds. The average molecular weight is 311 g/mol. The molecule has 2 bridgehead atoms. The first-order valence-electron chi connectivity index (χ1n) is 7.28. The van der Waals surface area contributed by atoms with Gasteiger partial charge in [0, 0.05) is 12.1 Å². The zero-order chi connectivity index (χ0) is 15.0. The summed E-state index contributed by atoms with van der Waals surface area (Å²) in [6.45, 7) is 0. The molecule has 0 heterocycles. The lowest BCUT2D eigenvalue weighted by Crippen LogP contribution is -2.38. The van der Waals surface area contributed by atoms with E-state index in [2.05, 4.69) is 4.72 Å². The number of hydrogen-bond acceptors (Lipinski definition) is 4. The highest BCUT2D eigenvalue weighted by Gasteiger charge is 2.41. The third-order valence-corrected chi connectivity index (χ3v) is 6.20. The maximum Gasteiger partial charge on any atom is 0.240 e. The first kappa shape index (κ1) is 14.7. The molecule has 1 aromatic carbocycles. The van der Waals surface area contributed by atoms with E-state index in [0.29, 0.717) is 23.3 Å². The highest BCUT2D eigenvalue weighted by Crippen LogP contribution is 2.45. The molecule has 0 radical (unpaired) electrons. The molecule has 1 N–H and O–H groups in total. The van der Waals surface area contributed by atoms with E-state index in [1.54, 1.807) is 12.1 Å². The van der Waals surface area contributed by atoms with E-state index in [4.69, 9.17) is 9.47 Å². The van der Waals surface area contributed by atoms with Gasteiger partial charge in [0.2, 0.25) is 10.0 Å². The highest BCUT2D eigenvalue weighted by molar-refractivity contribution is 7.89. The van der Waals surface area contributed by atoms with Crippen LogP contribution in [-0.4, -0.2) is 28.7 Å². The molecule has 3 atom stereocenters. The topological polar surface area (TPSA) is 64.6 Å². The highest BCUT2D eigenvalue weighted by atomic mass is 32.2. The van der Waals surface area contributed by atoms with Crippen molar-refractivity contribution in [3.05, 3.63) is 18.2 Å². The van der Waals surface area contributed by atoms with Crippen molar-refractivity contribution < 1.29 is 17.9 Å². The van der Waals surface area contributed by atoms with Gasteiger partial charge in [-0.1, -0.05) is 6.42 Å². The number of methoxy groups -OCH3 is 2. The Balaban J connectivity index is 1.81. The summed E-state index contributed by atoms with van der Waals surface area (Å²) in [7, 11) is -0.484. The molecule has 5 nitrogen and oxygen atoms in total. The summed E-state index contributed by atoms with van der Waals surface area (Å²) in [6.07, 6.45) is 4.53. The Hall–Kier alpha value is -1.27. The Bertz CT molecular complexity index is 629. The van der Waals surface area contributed by atoms with Crippen molar-refractivity contribution in [2.45, 2.75) is 36.6 Å². The third kappa shape index (κ3) is 2.74. The standard InChI is InChI=1S/C15H21NO4S/c1-19-14-6-5-12(9-15(14)20-2)21(17,18)16-13-8-10-3-4-11(13)7-10/h5-6,9-11,13,16H,3-4,7-8H2,1-2H3/t10-,11+,13+/m0/s1. The number of rotatable bonds is 5. The lowest BCUT2D eigenvalue weighted by molar-refractivity contribution is 0.353. The van der Waals surface area contributed by atoms with Crippen molar-refractivity contribution in [3.8, 4) is 11.5 Å². The van der Waals surface area contributed by atoms with Gasteiger partial charge >= 0.3 is 0 Å². The van der Waals surface area contributed by atoms with E-state index in [9.17, 15) is 8.42 Å². The SMILES string of the molecule is COc1ccc(S(=O)(=O)N[C@@H]2C[C@H]3CC[C@@H]2C3)cc1OC. The minimum absolute atomic E-state index is 0.0850. The summed E-state index contributed by atoms with van der Waals surface area (Å²) < 4.78 is 38.2. The zero-order valence-electron chi connectivity index (χ0n) is 12.3. The molecule has 0 saturated heterocycles. The molecule has 116 valence electrons. The number of benzene rings is 1. The summed E-state index contributed by atoms with van der Waals surface area (Å²) in [5.41, 5.74) is 0. The normalized spacial score (nSPS) is 27.8. The largest absolute Gasteiger partial charge is 0.493 e. The van der Waals surface area contributed by atoms with Crippen molar-refractivity contribution in [2.75, 3.05) is 14.2 Å². The molecule has 21 heavy (non-hydrogen) atoms. The lowest BCUT2D eigenvalue weighted by Gasteiger charge is -2.23. The van der Waals surface area contributed by atoms with Crippen LogP contribution in [0.4, 0.5) is 0 Å². The average Bonchev–Trinajstić information content (AvgIpc) is 3.08. The van der Waals surface area contributed by atoms with Crippen LogP contribution in [0, 0.1) is 11.8 Å². The summed E-state index contributed by atoms with van der Waals surface area (Å²) in [4.78, 5) is 0.225. The van der Waals surface area contributed by atoms with Crippen LogP contribution in [0.25, 0.3) is 0 Å². The van der Waals surface area contributed by atoms with E-state index < -0.39 is 10.0 Å². The van der Waals surface area contributed by atoms with E-state index in [0.717, 1.165) is 12.8 Å². The van der Waals surface area contributed by atoms with Gasteiger partial charge in [0.05, 0.1) is 19.1 Å². The summed E-state index contributed by atoms with van der Waals surface area (Å²) in [5.74, 6) is 2.16. The zero-order valence-corrected chi connectivity index (χ0v) is 13.2. The first-order chi connectivity index (χ1) is 10.0. The van der Waals surface area contributed by atoms with Crippen LogP contribution in [0.5, 0.6) is 11.5 Å². The van der Waals surface area contributed by atoms with Gasteiger partial charge in [0.15, 0.2) is 11.5 Å². The molecular weight excluding hydrogens is 290 g/mol. The molecule has 0 aromatic heterocycles. The van der Waals surface area contributed by atoms with Crippen LogP contribution in [-0.2, 0) is 10.0 Å². The second-order valence-corrected chi connectivity index (χ2v) is 7.63. The minimum Gasteiger partial charge on any atom is -0.493 e. The van der Waals surface area contributed by atoms with E-state index in [1.807, 2.05) is 0 Å². The Labute approximate surface area is 125 Å². The fourth-order valence-electron chi connectivity index (χ4n) is 3.64. The maximum absolute atomic E-state index is 12.5. The van der Waals surface area contributed by atoms with Crippen LogP contribution >= 0.6 is 0 Å². The Morgan fingerprint density at radius 3 is 2.43 bits per heavy atom. The van der Waals surface area contributed by atoms with Crippen molar-refractivity contribution in [3.63, 3.8) is 0 Å². The lowest BCUT2D eigenvalue weighted by atomic mass is 9.96. The van der Waals surface area contributed by atoms with Crippen molar-refractivity contribution >= 4 is 10.0 Å². The number of ether oxygens (including phenoxy) is 2. The minimum atomic E-state index is -3.51. The molecule has 1 aromatic rings. The van der Waals surface area contributed by atoms with Crippen molar-refractivity contribution in [2.24, 2.45) is 11.8 Å². The number of hydrogen-bond donors (Lipinski definition) is 1. The molecule has 0 unspecified atom stereocenters. The van der Waals surface area contributed by atoms with Gasteiger partial charge in [-0.2, -0.15) is 0 Å². The fraction of sp³-hybridized carbons (Fsp3) is 0.600. The van der Waals surface area contributed by atoms with Crippen LogP contribution in [0.3, 0.4) is 0 Å². The van der Waals surface area contributed by atoms with Crippen LogP contribution in [0.1, 0.15) is 25.7 Å². The number of sulfonamides is 1. The summed E-state index contributed by atoms with van der Waals surface area (Å²) in [5, 5.41) is 0. The molecule has 2 aliphatic carbocycles. The van der Waals surface area contributed by atoms with Crippen LogP contribution in [0.2, 0.25) is 0 Å². The van der Waals surface area contributed by atoms with Gasteiger partial charge in [-0.05, 0) is 43.2 Å². The summed E-state index contributed by atoms with van der Waals surface area (Å²) in [6, 6.07) is 4.77. The Morgan fingerprint density at radius 2 is 1.86 bits per heavy atom. The van der Waals surface area contributed by atoms with Gasteiger partial charge < -0.3 is 9.47 Å². The fourth-order valence-corrected chi connectivity index (χ4v) is 4.97. The van der Waals surface area contributed by atoms with E-state index >= 15 is 0 Å². The predicted octanol–water partition coefficient (Wildman–Crippen LogP) is 2.17. The predicted molar refractivity (Wildman–Crippen MR) is 79.1 cm³/mol. The van der Waals surface area contributed by atoms with E-state index in [1.165, 1.54) is 33.1 Å². The second-order valence-electron chi connectivity index (χ2n) is 5.92. The van der Waals surface area contributed by atoms with Crippen molar-refractivity contribution in [1.29, 1.82) is 0 Å². The van der Waals surface area contributed by atoms with Crippen LogP contribution < -0.4 is 14.2 Å². The number of fused-ring (bicyclic) bond motifs is 2. The Kier molecular flexibility index (Phi) is 3.84. The van der Waals surface area contributed by atoms with Crippen LogP contribution in [0.15, 0.2) is 23.1 Å². The van der Waals surface area contributed by atoms with E-state index in [-0.39, 0.29) is 10.9 Å². The maximum atomic E-state index is 12.5. The van der Waals surface area contributed by atoms with Gasteiger partial charge in [-0.3, -0.25) is 0 Å². The van der Waals surface area contributed by atoms with Gasteiger partial charge in [-0.25, -0.2) is 13.1 Å². The Morgan fingerprint density at radius 1 is 1.10 bits per heavy atom. The molecule has 0 spiro atoms. The molecule has 3 rings (SSSR count). The summed E-state index contributed by atoms with van der Waals surface area (Å²) >= 11 is 0. The number of nitrogens with one attached hydrogen (secondary N) is 1. The second kappa shape index (κ2) is 5.50. The molecule has 0 aliphatic heterocycles. The quantitative estimate of drug-likeness (QED) is 0.905. The monoisotopic (exact) mass is 311 g/mol. The molecule has 2 fully saturated rings. The molecular formula is C15H21NO4S. The first-order valence-corrected chi connectivity index (χ1v) is 8.76. The molecule has 2 saturated carbocycles. The van der Waals surface area contributed by atoms with Crippen molar-refractivity contribution in [1.82, 2.24) is 4.72 Å². The van der Waals surface area contributed by atoms with Gasteiger partial charge in [0.1, 0.15) is 0 Å². The molecule has 2 aliphatic rings. The van der Waals surface area contributed by atoms with Gasteiger partial charge in [0.25, 0.3) is 0 Å². The third-order valence-electron chi connectivity index (χ3n) is 4.71. The van der Waals surface area contributed by atoms with Gasteiger partial charge in [-0.15, -0.1) is 0 Å². The molecule has 6 heteroatoms.